The molecular formula is C26H22ClNO4. The van der Waals surface area contributed by atoms with Crippen LogP contribution in [-0.2, 0) is 13.0 Å². The van der Waals surface area contributed by atoms with Crippen LogP contribution in [0, 0.1) is 0 Å². The third kappa shape index (κ3) is 3.97. The molecule has 0 N–H and O–H groups in total. The largest absolute Gasteiger partial charge is 0.496 e. The van der Waals surface area contributed by atoms with Gasteiger partial charge in [0, 0.05) is 23.5 Å². The van der Waals surface area contributed by atoms with Crippen molar-refractivity contribution in [2.24, 2.45) is 0 Å². The Labute approximate surface area is 190 Å². The molecule has 2 heterocycles. The summed E-state index contributed by atoms with van der Waals surface area (Å²) >= 11 is 5.98. The van der Waals surface area contributed by atoms with Crippen molar-refractivity contribution >= 4 is 22.6 Å². The molecule has 3 aromatic carbocycles. The lowest BCUT2D eigenvalue weighted by atomic mass is 10.0. The van der Waals surface area contributed by atoms with Gasteiger partial charge in [0.1, 0.15) is 23.8 Å². The van der Waals surface area contributed by atoms with Crippen LogP contribution in [-0.4, -0.2) is 25.3 Å². The molecule has 1 aliphatic heterocycles. The number of methoxy groups -OCH3 is 1. The molecule has 1 aliphatic rings. The molecule has 162 valence electrons. The van der Waals surface area contributed by atoms with E-state index in [1.54, 1.807) is 19.2 Å². The molecule has 0 radical (unpaired) electrons. The fourth-order valence-electron chi connectivity index (χ4n) is 4.10. The number of ether oxygens (including phenoxy) is 2. The number of halogens is 1. The van der Waals surface area contributed by atoms with Crippen LogP contribution in [0.5, 0.6) is 11.5 Å². The Hall–Kier alpha value is -3.28. The monoisotopic (exact) mass is 447 g/mol. The minimum Gasteiger partial charge on any atom is -0.496 e. The van der Waals surface area contributed by atoms with Crippen LogP contribution in [0.15, 0.2) is 75.9 Å². The van der Waals surface area contributed by atoms with Crippen molar-refractivity contribution < 1.29 is 13.9 Å². The average molecular weight is 448 g/mol. The summed E-state index contributed by atoms with van der Waals surface area (Å²) in [4.78, 5) is 15.0. The standard InChI is InChI=1S/C26H22ClNO4/c1-30-23-5-3-2-4-18(23)12-13-28-15-22-24(31-16-28)11-8-19-14-21(26(29)32-25(19)22)17-6-9-20(27)10-7-17/h2-11,14H,12-13,15-16H2,1H3. The molecule has 5 nitrogen and oxygen atoms in total. The molecule has 1 aromatic heterocycles. The molecule has 5 rings (SSSR count). The molecule has 0 unspecified atom stereocenters. The Morgan fingerprint density at radius 3 is 2.69 bits per heavy atom. The minimum absolute atomic E-state index is 0.376. The van der Waals surface area contributed by atoms with Gasteiger partial charge in [-0.15, -0.1) is 0 Å². The number of benzene rings is 3. The van der Waals surface area contributed by atoms with Gasteiger partial charge in [0.25, 0.3) is 0 Å². The summed E-state index contributed by atoms with van der Waals surface area (Å²) in [6.45, 7) is 1.93. The summed E-state index contributed by atoms with van der Waals surface area (Å²) in [6, 6.07) is 20.9. The summed E-state index contributed by atoms with van der Waals surface area (Å²) in [5.41, 5.74) is 3.54. The zero-order valence-electron chi connectivity index (χ0n) is 17.6. The number of hydrogen-bond acceptors (Lipinski definition) is 5. The first-order valence-corrected chi connectivity index (χ1v) is 10.8. The number of nitrogens with zero attached hydrogens (tertiary/aromatic N) is 1. The molecule has 6 heteroatoms. The highest BCUT2D eigenvalue weighted by atomic mass is 35.5. The van der Waals surface area contributed by atoms with Crippen LogP contribution in [0.25, 0.3) is 22.1 Å². The fourth-order valence-corrected chi connectivity index (χ4v) is 4.23. The SMILES string of the molecule is COc1ccccc1CCN1COc2ccc3cc(-c4ccc(Cl)cc4)c(=O)oc3c2C1. The number of para-hydroxylation sites is 1. The molecule has 0 bridgehead atoms. The lowest BCUT2D eigenvalue weighted by Gasteiger charge is -2.29. The van der Waals surface area contributed by atoms with Gasteiger partial charge in [0.05, 0.1) is 18.2 Å². The van der Waals surface area contributed by atoms with Crippen molar-refractivity contribution in [2.45, 2.75) is 13.0 Å². The molecule has 32 heavy (non-hydrogen) atoms. The van der Waals surface area contributed by atoms with Gasteiger partial charge in [-0.3, -0.25) is 4.90 Å². The van der Waals surface area contributed by atoms with Gasteiger partial charge in [-0.05, 0) is 53.9 Å². The van der Waals surface area contributed by atoms with Crippen molar-refractivity contribution in [3.8, 4) is 22.6 Å². The van der Waals surface area contributed by atoms with Crippen LogP contribution in [0.3, 0.4) is 0 Å². The van der Waals surface area contributed by atoms with Crippen molar-refractivity contribution in [1.29, 1.82) is 0 Å². The normalized spacial score (nSPS) is 13.6. The van der Waals surface area contributed by atoms with Crippen molar-refractivity contribution in [2.75, 3.05) is 20.4 Å². The molecule has 0 saturated heterocycles. The van der Waals surface area contributed by atoms with E-state index < -0.39 is 0 Å². The number of fused-ring (bicyclic) bond motifs is 3. The van der Waals surface area contributed by atoms with Crippen LogP contribution < -0.4 is 15.1 Å². The van der Waals surface area contributed by atoms with E-state index >= 15 is 0 Å². The van der Waals surface area contributed by atoms with E-state index in [0.29, 0.717) is 29.4 Å². The second-order valence-electron chi connectivity index (χ2n) is 7.80. The van der Waals surface area contributed by atoms with E-state index in [9.17, 15) is 4.79 Å². The van der Waals surface area contributed by atoms with Gasteiger partial charge in [-0.2, -0.15) is 0 Å². The first kappa shape index (κ1) is 20.6. The highest BCUT2D eigenvalue weighted by molar-refractivity contribution is 6.30. The van der Waals surface area contributed by atoms with Gasteiger partial charge < -0.3 is 13.9 Å². The van der Waals surface area contributed by atoms with Crippen LogP contribution in [0.2, 0.25) is 5.02 Å². The van der Waals surface area contributed by atoms with Crippen LogP contribution in [0.4, 0.5) is 0 Å². The summed E-state index contributed by atoms with van der Waals surface area (Å²) in [7, 11) is 1.69. The molecule has 0 fully saturated rings. The van der Waals surface area contributed by atoms with Crippen LogP contribution >= 0.6 is 11.6 Å². The Kier molecular flexibility index (Phi) is 5.60. The Balaban J connectivity index is 1.43. The van der Waals surface area contributed by atoms with Gasteiger partial charge >= 0.3 is 5.63 Å². The first-order chi connectivity index (χ1) is 15.6. The molecule has 0 amide bonds. The number of rotatable bonds is 5. The summed E-state index contributed by atoms with van der Waals surface area (Å²) < 4.78 is 17.2. The smallest absolute Gasteiger partial charge is 0.344 e. The van der Waals surface area contributed by atoms with Gasteiger partial charge in [0.2, 0.25) is 0 Å². The summed E-state index contributed by atoms with van der Waals surface area (Å²) in [5.74, 6) is 1.64. The van der Waals surface area contributed by atoms with Crippen molar-refractivity contribution in [3.63, 3.8) is 0 Å². The Morgan fingerprint density at radius 2 is 1.88 bits per heavy atom. The van der Waals surface area contributed by atoms with Crippen molar-refractivity contribution in [1.82, 2.24) is 4.90 Å². The third-order valence-electron chi connectivity index (χ3n) is 5.79. The van der Waals surface area contributed by atoms with Crippen molar-refractivity contribution in [3.05, 3.63) is 93.3 Å². The highest BCUT2D eigenvalue weighted by Gasteiger charge is 2.22. The van der Waals surface area contributed by atoms with Gasteiger partial charge in [-0.1, -0.05) is 41.9 Å². The van der Waals surface area contributed by atoms with Crippen LogP contribution in [0.1, 0.15) is 11.1 Å². The van der Waals surface area contributed by atoms with E-state index in [4.69, 9.17) is 25.5 Å². The minimum atomic E-state index is -0.376. The van der Waals surface area contributed by atoms with E-state index in [1.807, 2.05) is 48.5 Å². The second kappa shape index (κ2) is 8.69. The molecule has 4 aromatic rings. The maximum Gasteiger partial charge on any atom is 0.344 e. The molecule has 0 spiro atoms. The highest BCUT2D eigenvalue weighted by Crippen LogP contribution is 2.33. The first-order valence-electron chi connectivity index (χ1n) is 10.4. The van der Waals surface area contributed by atoms with Gasteiger partial charge in [-0.25, -0.2) is 4.79 Å². The lowest BCUT2D eigenvalue weighted by Crippen LogP contribution is -2.33. The van der Waals surface area contributed by atoms with E-state index in [2.05, 4.69) is 11.0 Å². The lowest BCUT2D eigenvalue weighted by molar-refractivity contribution is 0.0966. The zero-order valence-corrected chi connectivity index (χ0v) is 18.4. The third-order valence-corrected chi connectivity index (χ3v) is 6.04. The predicted octanol–water partition coefficient (Wildman–Crippen LogP) is 5.52. The maximum absolute atomic E-state index is 12.8. The van der Waals surface area contributed by atoms with E-state index in [0.717, 1.165) is 46.5 Å². The van der Waals surface area contributed by atoms with E-state index in [1.165, 1.54) is 0 Å². The quantitative estimate of drug-likeness (QED) is 0.377. The van der Waals surface area contributed by atoms with E-state index in [-0.39, 0.29) is 5.63 Å². The Morgan fingerprint density at radius 1 is 1.06 bits per heavy atom. The molecule has 0 atom stereocenters. The van der Waals surface area contributed by atoms with Gasteiger partial charge in [0.15, 0.2) is 0 Å². The summed E-state index contributed by atoms with van der Waals surface area (Å²) in [6.07, 6.45) is 0.831. The predicted molar refractivity (Wildman–Crippen MR) is 126 cm³/mol. The average Bonchev–Trinajstić information content (AvgIpc) is 2.83. The Bertz CT molecular complexity index is 1330. The second-order valence-corrected chi connectivity index (χ2v) is 8.24. The topological polar surface area (TPSA) is 51.9 Å². The molecule has 0 saturated carbocycles. The number of hydrogen-bond donors (Lipinski definition) is 0. The fraction of sp³-hybridized carbons (Fsp3) is 0.192. The zero-order chi connectivity index (χ0) is 22.1. The molecular weight excluding hydrogens is 426 g/mol. The maximum atomic E-state index is 12.8. The summed E-state index contributed by atoms with van der Waals surface area (Å²) in [5, 5.41) is 1.49. The molecule has 0 aliphatic carbocycles.